The van der Waals surface area contributed by atoms with E-state index in [-0.39, 0.29) is 17.9 Å². The van der Waals surface area contributed by atoms with Crippen molar-refractivity contribution in [2.24, 2.45) is 5.92 Å². The zero-order valence-electron chi connectivity index (χ0n) is 9.60. The fourth-order valence-electron chi connectivity index (χ4n) is 2.14. The Morgan fingerprint density at radius 2 is 2.22 bits per heavy atom. The van der Waals surface area contributed by atoms with Gasteiger partial charge in [-0.1, -0.05) is 0 Å². The lowest BCUT2D eigenvalue weighted by atomic mass is 10.1. The van der Waals surface area contributed by atoms with Crippen LogP contribution in [0.25, 0.3) is 0 Å². The summed E-state index contributed by atoms with van der Waals surface area (Å²) in [5.74, 6) is -1.40. The molecule has 2 N–H and O–H groups in total. The van der Waals surface area contributed by atoms with E-state index < -0.39 is 5.97 Å². The fraction of sp³-hybridized carbons (Fsp3) is 0.417. The van der Waals surface area contributed by atoms with Gasteiger partial charge < -0.3 is 10.4 Å². The highest BCUT2D eigenvalue weighted by Gasteiger charge is 2.31. The van der Waals surface area contributed by atoms with Gasteiger partial charge in [-0.05, 0) is 47.3 Å². The molecule has 2 atom stereocenters. The summed E-state index contributed by atoms with van der Waals surface area (Å²) < 4.78 is 0.635. The van der Waals surface area contributed by atoms with E-state index in [0.717, 1.165) is 0 Å². The molecule has 5 nitrogen and oxygen atoms in total. The number of aliphatic carboxylic acids is 1. The monoisotopic (exact) mass is 312 g/mol. The molecule has 0 spiro atoms. The van der Waals surface area contributed by atoms with Gasteiger partial charge in [0.05, 0.1) is 5.92 Å². The van der Waals surface area contributed by atoms with Crippen LogP contribution in [0, 0.1) is 5.92 Å². The third-order valence-electron chi connectivity index (χ3n) is 3.09. The molecular weight excluding hydrogens is 300 g/mol. The first-order valence-corrected chi connectivity index (χ1v) is 6.51. The number of hydrogen-bond donors (Lipinski definition) is 2. The van der Waals surface area contributed by atoms with Crippen molar-refractivity contribution in [1.82, 2.24) is 10.3 Å². The highest BCUT2D eigenvalue weighted by atomic mass is 79.9. The number of carboxylic acid groups (broad SMARTS) is 1. The van der Waals surface area contributed by atoms with Crippen molar-refractivity contribution in [3.8, 4) is 0 Å². The van der Waals surface area contributed by atoms with Gasteiger partial charge in [0.15, 0.2) is 0 Å². The summed E-state index contributed by atoms with van der Waals surface area (Å²) in [4.78, 5) is 26.8. The Kier molecular flexibility index (Phi) is 3.96. The molecule has 96 valence electrons. The average molecular weight is 313 g/mol. The number of amides is 1. The SMILES string of the molecule is O=C(N[C@H]1CC[C@@H](C(=O)O)C1)c1ncccc1Br. The van der Waals surface area contributed by atoms with Crippen molar-refractivity contribution in [2.45, 2.75) is 25.3 Å². The van der Waals surface area contributed by atoms with Crippen molar-refractivity contribution in [3.63, 3.8) is 0 Å². The molecule has 1 amide bonds. The standard InChI is InChI=1S/C12H13BrN2O3/c13-9-2-1-5-14-10(9)11(16)15-8-4-3-7(6-8)12(17)18/h1-2,5,7-8H,3-4,6H2,(H,15,16)(H,17,18)/t7-,8+/m1/s1. The van der Waals surface area contributed by atoms with Crippen molar-refractivity contribution in [3.05, 3.63) is 28.5 Å². The zero-order valence-corrected chi connectivity index (χ0v) is 11.2. The quantitative estimate of drug-likeness (QED) is 0.892. The molecule has 1 aromatic heterocycles. The fourth-order valence-corrected chi connectivity index (χ4v) is 2.58. The third-order valence-corrected chi connectivity index (χ3v) is 3.73. The Morgan fingerprint density at radius 1 is 1.44 bits per heavy atom. The van der Waals surface area contributed by atoms with Crippen LogP contribution in [0.3, 0.4) is 0 Å². The van der Waals surface area contributed by atoms with Gasteiger partial charge in [0.1, 0.15) is 5.69 Å². The lowest BCUT2D eigenvalue weighted by Crippen LogP contribution is -2.34. The van der Waals surface area contributed by atoms with Gasteiger partial charge >= 0.3 is 5.97 Å². The molecule has 1 aliphatic carbocycles. The van der Waals surface area contributed by atoms with Gasteiger partial charge in [-0.25, -0.2) is 4.98 Å². The van der Waals surface area contributed by atoms with E-state index >= 15 is 0 Å². The van der Waals surface area contributed by atoms with Crippen LogP contribution in [-0.4, -0.2) is 28.0 Å². The minimum absolute atomic E-state index is 0.0764. The van der Waals surface area contributed by atoms with Gasteiger partial charge in [-0.15, -0.1) is 0 Å². The maximum absolute atomic E-state index is 11.9. The van der Waals surface area contributed by atoms with E-state index in [1.807, 2.05) is 0 Å². The second kappa shape index (κ2) is 5.48. The zero-order chi connectivity index (χ0) is 13.1. The number of halogens is 1. The first-order valence-electron chi connectivity index (χ1n) is 5.72. The van der Waals surface area contributed by atoms with Crippen LogP contribution in [0.2, 0.25) is 0 Å². The lowest BCUT2D eigenvalue weighted by molar-refractivity contribution is -0.141. The summed E-state index contributed by atoms with van der Waals surface area (Å²) in [6.45, 7) is 0. The molecular formula is C12H13BrN2O3. The van der Waals surface area contributed by atoms with Crippen LogP contribution in [0.15, 0.2) is 22.8 Å². The Labute approximate surface area is 113 Å². The lowest BCUT2D eigenvalue weighted by Gasteiger charge is -2.12. The van der Waals surface area contributed by atoms with Crippen LogP contribution in [-0.2, 0) is 4.79 Å². The smallest absolute Gasteiger partial charge is 0.306 e. The van der Waals surface area contributed by atoms with Crippen LogP contribution in [0.1, 0.15) is 29.8 Å². The van der Waals surface area contributed by atoms with Crippen LogP contribution >= 0.6 is 15.9 Å². The Hall–Kier alpha value is -1.43. The molecule has 1 aromatic rings. The highest BCUT2D eigenvalue weighted by Crippen LogP contribution is 2.26. The van der Waals surface area contributed by atoms with E-state index in [2.05, 4.69) is 26.2 Å². The Bertz CT molecular complexity index is 478. The Morgan fingerprint density at radius 3 is 2.83 bits per heavy atom. The maximum Gasteiger partial charge on any atom is 0.306 e. The topological polar surface area (TPSA) is 79.3 Å². The summed E-state index contributed by atoms with van der Waals surface area (Å²) in [5, 5.41) is 11.7. The number of hydrogen-bond acceptors (Lipinski definition) is 3. The predicted octanol–water partition coefficient (Wildman–Crippen LogP) is 1.83. The molecule has 2 rings (SSSR count). The highest BCUT2D eigenvalue weighted by molar-refractivity contribution is 9.10. The second-order valence-corrected chi connectivity index (χ2v) is 5.21. The molecule has 6 heteroatoms. The van der Waals surface area contributed by atoms with Crippen LogP contribution in [0.4, 0.5) is 0 Å². The van der Waals surface area contributed by atoms with Crippen molar-refractivity contribution < 1.29 is 14.7 Å². The number of carbonyl (C=O) groups is 2. The molecule has 0 aliphatic heterocycles. The van der Waals surface area contributed by atoms with Gasteiger partial charge in [-0.3, -0.25) is 9.59 Å². The molecule has 0 aromatic carbocycles. The van der Waals surface area contributed by atoms with E-state index in [1.54, 1.807) is 18.3 Å². The van der Waals surface area contributed by atoms with Gasteiger partial charge in [0.2, 0.25) is 0 Å². The molecule has 0 radical (unpaired) electrons. The molecule has 1 heterocycles. The van der Waals surface area contributed by atoms with E-state index in [1.165, 1.54) is 0 Å². The van der Waals surface area contributed by atoms with E-state index in [4.69, 9.17) is 5.11 Å². The predicted molar refractivity (Wildman–Crippen MR) is 68.2 cm³/mol. The molecule has 0 saturated heterocycles. The minimum atomic E-state index is -0.786. The molecule has 0 bridgehead atoms. The normalized spacial score (nSPS) is 22.7. The maximum atomic E-state index is 11.9. The minimum Gasteiger partial charge on any atom is -0.481 e. The first-order chi connectivity index (χ1) is 8.58. The summed E-state index contributed by atoms with van der Waals surface area (Å²) in [6.07, 6.45) is 3.36. The summed E-state index contributed by atoms with van der Waals surface area (Å²) in [5.41, 5.74) is 0.330. The molecule has 18 heavy (non-hydrogen) atoms. The third kappa shape index (κ3) is 2.87. The van der Waals surface area contributed by atoms with E-state index in [9.17, 15) is 9.59 Å². The van der Waals surface area contributed by atoms with Crippen LogP contribution in [0.5, 0.6) is 0 Å². The number of pyridine rings is 1. The van der Waals surface area contributed by atoms with Gasteiger partial charge in [0, 0.05) is 16.7 Å². The summed E-state index contributed by atoms with van der Waals surface area (Å²) >= 11 is 3.26. The van der Waals surface area contributed by atoms with E-state index in [0.29, 0.717) is 29.4 Å². The van der Waals surface area contributed by atoms with Crippen molar-refractivity contribution >= 4 is 27.8 Å². The van der Waals surface area contributed by atoms with Crippen molar-refractivity contribution in [2.75, 3.05) is 0 Å². The number of nitrogens with zero attached hydrogens (tertiary/aromatic N) is 1. The largest absolute Gasteiger partial charge is 0.481 e. The number of carboxylic acids is 1. The number of nitrogens with one attached hydrogen (secondary N) is 1. The molecule has 1 saturated carbocycles. The summed E-state index contributed by atoms with van der Waals surface area (Å²) in [6, 6.07) is 3.40. The number of carbonyl (C=O) groups excluding carboxylic acids is 1. The molecule has 1 fully saturated rings. The average Bonchev–Trinajstić information content (AvgIpc) is 2.78. The molecule has 0 unspecified atom stereocenters. The molecule has 1 aliphatic rings. The van der Waals surface area contributed by atoms with Gasteiger partial charge in [0.25, 0.3) is 5.91 Å². The number of rotatable bonds is 3. The summed E-state index contributed by atoms with van der Waals surface area (Å²) in [7, 11) is 0. The van der Waals surface area contributed by atoms with Crippen LogP contribution < -0.4 is 5.32 Å². The van der Waals surface area contributed by atoms with Crippen molar-refractivity contribution in [1.29, 1.82) is 0 Å². The first kappa shape index (κ1) is 13.0. The second-order valence-electron chi connectivity index (χ2n) is 4.35. The van der Waals surface area contributed by atoms with Gasteiger partial charge in [-0.2, -0.15) is 0 Å². The number of aromatic nitrogens is 1. The Balaban J connectivity index is 1.97.